The van der Waals surface area contributed by atoms with Crippen LogP contribution in [0.25, 0.3) is 6.08 Å². The molecule has 5 atom stereocenters. The summed E-state index contributed by atoms with van der Waals surface area (Å²) in [7, 11) is 0. The van der Waals surface area contributed by atoms with Gasteiger partial charge in [-0.2, -0.15) is 0 Å². The van der Waals surface area contributed by atoms with Gasteiger partial charge in [0, 0.05) is 12.5 Å². The molecule has 0 radical (unpaired) electrons. The molecule has 0 unspecified atom stereocenters. The molecule has 0 aromatic heterocycles. The van der Waals surface area contributed by atoms with Gasteiger partial charge in [-0.05, 0) is 55.5 Å². The van der Waals surface area contributed by atoms with Crippen molar-refractivity contribution < 1.29 is 49.3 Å². The molecule has 1 saturated heterocycles. The normalized spacial score (nSPS) is 26.9. The van der Waals surface area contributed by atoms with Crippen molar-refractivity contribution in [2.24, 2.45) is 0 Å². The largest absolute Gasteiger partial charge is 0.504 e. The number of benzene rings is 1. The SMILES string of the molecule is CC1=C(CC=CCCO[C@@H]2O[C@H](COC(=O)C=Cc3ccc(O)c(O)c3)[C@@H](O)[C@H](O)[C@H]2O)C(=O)CC1. The smallest absolute Gasteiger partial charge is 0.330 e. The second-order valence-corrected chi connectivity index (χ2v) is 8.74. The topological polar surface area (TPSA) is 163 Å². The summed E-state index contributed by atoms with van der Waals surface area (Å²) in [5.74, 6) is -1.22. The Balaban J connectivity index is 1.44. The van der Waals surface area contributed by atoms with E-state index in [1.807, 2.05) is 19.1 Å². The molecule has 0 saturated carbocycles. The number of aliphatic hydroxyl groups excluding tert-OH is 3. The second kappa shape index (κ2) is 12.8. The highest BCUT2D eigenvalue weighted by atomic mass is 16.7. The maximum absolute atomic E-state index is 12.0. The van der Waals surface area contributed by atoms with Gasteiger partial charge in [0.25, 0.3) is 0 Å². The van der Waals surface area contributed by atoms with Crippen LogP contribution < -0.4 is 0 Å². The highest BCUT2D eigenvalue weighted by Gasteiger charge is 2.44. The molecule has 1 aliphatic heterocycles. The van der Waals surface area contributed by atoms with Crippen LogP contribution in [0.4, 0.5) is 0 Å². The predicted molar refractivity (Wildman–Crippen MR) is 128 cm³/mol. The number of phenols is 2. The third kappa shape index (κ3) is 7.25. The zero-order valence-corrected chi connectivity index (χ0v) is 19.9. The highest BCUT2D eigenvalue weighted by Crippen LogP contribution is 2.26. The van der Waals surface area contributed by atoms with Crippen LogP contribution in [0.5, 0.6) is 11.5 Å². The molecule has 196 valence electrons. The van der Waals surface area contributed by atoms with E-state index in [2.05, 4.69) is 0 Å². The first-order valence-corrected chi connectivity index (χ1v) is 11.7. The van der Waals surface area contributed by atoms with Gasteiger partial charge in [0.05, 0.1) is 6.61 Å². The first-order chi connectivity index (χ1) is 17.2. The number of aliphatic hydroxyl groups is 3. The Kier molecular flexibility index (Phi) is 9.80. The van der Waals surface area contributed by atoms with Crippen molar-refractivity contribution in [1.82, 2.24) is 0 Å². The summed E-state index contributed by atoms with van der Waals surface area (Å²) in [4.78, 5) is 23.8. The Hall–Kier alpha value is -3.02. The minimum absolute atomic E-state index is 0.155. The quantitative estimate of drug-likeness (QED) is 0.104. The third-order valence-corrected chi connectivity index (χ3v) is 6.10. The van der Waals surface area contributed by atoms with Gasteiger partial charge in [-0.15, -0.1) is 0 Å². The lowest BCUT2D eigenvalue weighted by molar-refractivity contribution is -0.301. The molecule has 1 aromatic carbocycles. The van der Waals surface area contributed by atoms with E-state index in [1.54, 1.807) is 0 Å². The van der Waals surface area contributed by atoms with E-state index in [0.717, 1.165) is 23.6 Å². The number of esters is 1. The van der Waals surface area contributed by atoms with Crippen molar-refractivity contribution in [1.29, 1.82) is 0 Å². The molecule has 3 rings (SSSR count). The molecule has 1 aromatic rings. The molecule has 36 heavy (non-hydrogen) atoms. The molecule has 10 heteroatoms. The first kappa shape index (κ1) is 27.6. The number of Topliss-reactive ketones (excluding diaryl/α,β-unsaturated/α-hetero) is 1. The Morgan fingerprint density at radius 2 is 1.86 bits per heavy atom. The molecule has 0 bridgehead atoms. The van der Waals surface area contributed by atoms with E-state index in [1.165, 1.54) is 24.3 Å². The molecule has 2 aliphatic rings. The monoisotopic (exact) mass is 504 g/mol. The number of carbonyl (C=O) groups is 2. The summed E-state index contributed by atoms with van der Waals surface area (Å²) in [6.07, 6.45) is 1.65. The minimum atomic E-state index is -1.57. The second-order valence-electron chi connectivity index (χ2n) is 8.74. The number of carbonyl (C=O) groups excluding carboxylic acids is 2. The number of hydrogen-bond acceptors (Lipinski definition) is 10. The third-order valence-electron chi connectivity index (χ3n) is 6.10. The zero-order chi connectivity index (χ0) is 26.2. The summed E-state index contributed by atoms with van der Waals surface area (Å²) in [6, 6.07) is 4.01. The summed E-state index contributed by atoms with van der Waals surface area (Å²) >= 11 is 0. The van der Waals surface area contributed by atoms with Crippen LogP contribution in [-0.4, -0.2) is 81.2 Å². The molecule has 5 N–H and O–H groups in total. The summed E-state index contributed by atoms with van der Waals surface area (Å²) < 4.78 is 16.1. The van der Waals surface area contributed by atoms with Crippen molar-refractivity contribution >= 4 is 17.8 Å². The molecule has 1 aliphatic carbocycles. The van der Waals surface area contributed by atoms with Gasteiger partial charge < -0.3 is 39.7 Å². The van der Waals surface area contributed by atoms with Crippen LogP contribution in [0, 0.1) is 0 Å². The molecule has 10 nitrogen and oxygen atoms in total. The lowest BCUT2D eigenvalue weighted by Crippen LogP contribution is -2.59. The number of phenolic OH excluding ortho intramolecular Hbond substituents is 2. The van der Waals surface area contributed by atoms with Crippen LogP contribution in [0.1, 0.15) is 38.2 Å². The maximum atomic E-state index is 12.0. The molecular weight excluding hydrogens is 472 g/mol. The van der Waals surface area contributed by atoms with E-state index < -0.39 is 43.3 Å². The molecule has 1 fully saturated rings. The molecule has 1 heterocycles. The zero-order valence-electron chi connectivity index (χ0n) is 19.9. The maximum Gasteiger partial charge on any atom is 0.330 e. The number of aromatic hydroxyl groups is 2. The van der Waals surface area contributed by atoms with Gasteiger partial charge in [0.1, 0.15) is 31.0 Å². The number of rotatable bonds is 10. The van der Waals surface area contributed by atoms with Crippen LogP contribution in [0.15, 0.2) is 47.6 Å². The number of ketones is 1. The molecular formula is C26H32O10. The van der Waals surface area contributed by atoms with Gasteiger partial charge in [0.15, 0.2) is 23.6 Å². The van der Waals surface area contributed by atoms with Crippen LogP contribution in [-0.2, 0) is 23.8 Å². The van der Waals surface area contributed by atoms with Crippen LogP contribution in [0.2, 0.25) is 0 Å². The fourth-order valence-electron chi connectivity index (χ4n) is 3.91. The minimum Gasteiger partial charge on any atom is -0.504 e. The number of allylic oxidation sites excluding steroid dienone is 3. The Bertz CT molecular complexity index is 1030. The van der Waals surface area contributed by atoms with Crippen molar-refractivity contribution in [3.05, 3.63) is 53.1 Å². The van der Waals surface area contributed by atoms with Crippen molar-refractivity contribution in [3.8, 4) is 11.5 Å². The number of hydrogen-bond donors (Lipinski definition) is 5. The van der Waals surface area contributed by atoms with E-state index in [0.29, 0.717) is 24.8 Å². The highest BCUT2D eigenvalue weighted by molar-refractivity contribution is 5.98. The van der Waals surface area contributed by atoms with Crippen LogP contribution in [0.3, 0.4) is 0 Å². The van der Waals surface area contributed by atoms with Gasteiger partial charge in [-0.3, -0.25) is 4.79 Å². The Morgan fingerprint density at radius 3 is 2.56 bits per heavy atom. The first-order valence-electron chi connectivity index (χ1n) is 11.7. The molecule has 0 spiro atoms. The Labute approximate surface area is 208 Å². The molecule has 0 amide bonds. The van der Waals surface area contributed by atoms with Gasteiger partial charge >= 0.3 is 5.97 Å². The van der Waals surface area contributed by atoms with E-state index in [4.69, 9.17) is 14.2 Å². The standard InChI is InChI=1S/C26H32O10/c1-15-6-9-18(27)17(15)5-3-2-4-12-34-26-25(33)24(32)23(31)21(36-26)14-35-22(30)11-8-16-7-10-19(28)20(29)13-16/h2-3,7-8,10-11,13,21,23-26,28-29,31-33H,4-6,9,12,14H2,1H3/t21-,23-,24+,25-,26-/m1/s1. The summed E-state index contributed by atoms with van der Waals surface area (Å²) in [5.41, 5.74) is 2.41. The fraction of sp³-hybridized carbons (Fsp3) is 0.462. The van der Waals surface area contributed by atoms with Gasteiger partial charge in [0.2, 0.25) is 0 Å². The van der Waals surface area contributed by atoms with Gasteiger partial charge in [-0.25, -0.2) is 4.79 Å². The predicted octanol–water partition coefficient (Wildman–Crippen LogP) is 1.49. The lowest BCUT2D eigenvalue weighted by atomic mass is 9.99. The average Bonchev–Trinajstić information content (AvgIpc) is 3.18. The van der Waals surface area contributed by atoms with Crippen LogP contribution >= 0.6 is 0 Å². The fourth-order valence-corrected chi connectivity index (χ4v) is 3.91. The van der Waals surface area contributed by atoms with Crippen molar-refractivity contribution in [2.45, 2.75) is 63.3 Å². The van der Waals surface area contributed by atoms with Gasteiger partial charge in [-0.1, -0.05) is 23.8 Å². The van der Waals surface area contributed by atoms with E-state index >= 15 is 0 Å². The summed E-state index contributed by atoms with van der Waals surface area (Å²) in [6.45, 7) is 1.71. The average molecular weight is 505 g/mol. The number of ether oxygens (including phenoxy) is 3. The van der Waals surface area contributed by atoms with E-state index in [9.17, 15) is 35.1 Å². The summed E-state index contributed by atoms with van der Waals surface area (Å²) in [5, 5.41) is 49.3. The van der Waals surface area contributed by atoms with E-state index in [-0.39, 0.29) is 23.9 Å². The lowest BCUT2D eigenvalue weighted by Gasteiger charge is -2.39. The van der Waals surface area contributed by atoms with Crippen molar-refractivity contribution in [3.63, 3.8) is 0 Å². The van der Waals surface area contributed by atoms with Crippen molar-refractivity contribution in [2.75, 3.05) is 13.2 Å². The Morgan fingerprint density at radius 1 is 1.08 bits per heavy atom.